The minimum absolute atomic E-state index is 0.0825. The van der Waals surface area contributed by atoms with Crippen molar-refractivity contribution in [2.24, 2.45) is 0 Å². The Morgan fingerprint density at radius 1 is 1.35 bits per heavy atom. The summed E-state index contributed by atoms with van der Waals surface area (Å²) < 4.78 is 0. The van der Waals surface area contributed by atoms with Crippen LogP contribution in [0.4, 0.5) is 5.82 Å². The van der Waals surface area contributed by atoms with E-state index in [4.69, 9.17) is 0 Å². The summed E-state index contributed by atoms with van der Waals surface area (Å²) in [5.74, 6) is 0.466. The lowest BCUT2D eigenvalue weighted by Crippen LogP contribution is -2.38. The fourth-order valence-corrected chi connectivity index (χ4v) is 1.99. The van der Waals surface area contributed by atoms with Gasteiger partial charge in [-0.2, -0.15) is 0 Å². The second-order valence-electron chi connectivity index (χ2n) is 4.76. The van der Waals surface area contributed by atoms with Crippen LogP contribution in [0.15, 0.2) is 35.1 Å². The van der Waals surface area contributed by atoms with Gasteiger partial charge in [0.05, 0.1) is 0 Å². The third kappa shape index (κ3) is 3.17. The number of aromatic nitrogens is 1. The van der Waals surface area contributed by atoms with E-state index in [1.54, 1.807) is 13.0 Å². The van der Waals surface area contributed by atoms with Crippen LogP contribution in [-0.4, -0.2) is 23.5 Å². The second-order valence-corrected chi connectivity index (χ2v) is 4.76. The number of carbonyl (C=O) groups excluding carboxylic acids is 1. The van der Waals surface area contributed by atoms with Gasteiger partial charge in [0.2, 0.25) is 5.91 Å². The lowest BCUT2D eigenvalue weighted by Gasteiger charge is -2.15. The summed E-state index contributed by atoms with van der Waals surface area (Å²) in [5.41, 5.74) is -0.160. The number of carbonyl (C=O) groups is 1. The van der Waals surface area contributed by atoms with Crippen molar-refractivity contribution >= 4 is 22.5 Å². The molecule has 1 unspecified atom stereocenters. The molecule has 5 heteroatoms. The summed E-state index contributed by atoms with van der Waals surface area (Å²) in [6.07, 6.45) is 0.894. The van der Waals surface area contributed by atoms with Crippen LogP contribution < -0.4 is 16.2 Å². The van der Waals surface area contributed by atoms with Gasteiger partial charge in [0.15, 0.2) is 0 Å². The monoisotopic (exact) mass is 273 g/mol. The highest BCUT2D eigenvalue weighted by atomic mass is 16.2. The molecule has 0 aliphatic carbocycles. The van der Waals surface area contributed by atoms with Crippen molar-refractivity contribution in [3.8, 4) is 0 Å². The number of hydrogen-bond acceptors (Lipinski definition) is 3. The van der Waals surface area contributed by atoms with E-state index < -0.39 is 6.04 Å². The molecule has 3 N–H and O–H groups in total. The number of fused-ring (bicyclic) bond motifs is 1. The summed E-state index contributed by atoms with van der Waals surface area (Å²) in [6, 6.07) is 8.78. The lowest BCUT2D eigenvalue weighted by molar-refractivity contribution is -0.121. The number of H-pyrrole nitrogens is 1. The molecule has 2 rings (SSSR count). The Balaban J connectivity index is 2.17. The first-order chi connectivity index (χ1) is 9.61. The number of anilines is 1. The molecule has 1 amide bonds. The standard InChI is InChI=1S/C15H19N3O2/c1-3-8-16-14(19)10(2)17-13-9-11-6-4-5-7-12(11)15(20)18-13/h4-7,9-10H,3,8H2,1-2H3,(H,16,19)(H2,17,18,20). The zero-order chi connectivity index (χ0) is 14.5. The van der Waals surface area contributed by atoms with Crippen molar-refractivity contribution in [3.63, 3.8) is 0 Å². The Morgan fingerprint density at radius 3 is 2.85 bits per heavy atom. The van der Waals surface area contributed by atoms with Crippen LogP contribution in [0.5, 0.6) is 0 Å². The van der Waals surface area contributed by atoms with Gasteiger partial charge in [-0.3, -0.25) is 9.59 Å². The van der Waals surface area contributed by atoms with Gasteiger partial charge in [0.1, 0.15) is 11.9 Å². The van der Waals surface area contributed by atoms with Crippen LogP contribution in [0.1, 0.15) is 20.3 Å². The van der Waals surface area contributed by atoms with E-state index in [0.29, 0.717) is 17.7 Å². The number of rotatable bonds is 5. The topological polar surface area (TPSA) is 74.0 Å². The molecule has 1 atom stereocenters. The van der Waals surface area contributed by atoms with Crippen molar-refractivity contribution in [2.45, 2.75) is 26.3 Å². The molecular weight excluding hydrogens is 254 g/mol. The van der Waals surface area contributed by atoms with Gasteiger partial charge >= 0.3 is 0 Å². The molecule has 2 aromatic rings. The third-order valence-corrected chi connectivity index (χ3v) is 3.07. The van der Waals surface area contributed by atoms with Gasteiger partial charge < -0.3 is 15.6 Å². The quantitative estimate of drug-likeness (QED) is 0.778. The first-order valence-electron chi connectivity index (χ1n) is 6.78. The van der Waals surface area contributed by atoms with Crippen LogP contribution in [0, 0.1) is 0 Å². The maximum atomic E-state index is 11.9. The second kappa shape index (κ2) is 6.23. The van der Waals surface area contributed by atoms with Crippen molar-refractivity contribution in [3.05, 3.63) is 40.7 Å². The van der Waals surface area contributed by atoms with Gasteiger partial charge in [-0.15, -0.1) is 0 Å². The fraction of sp³-hybridized carbons (Fsp3) is 0.333. The van der Waals surface area contributed by atoms with Crippen LogP contribution >= 0.6 is 0 Å². The SMILES string of the molecule is CCCNC(=O)C(C)Nc1cc2ccccc2c(=O)[nH]1. The van der Waals surface area contributed by atoms with E-state index in [2.05, 4.69) is 15.6 Å². The predicted molar refractivity (Wildman–Crippen MR) is 81.0 cm³/mol. The Morgan fingerprint density at radius 2 is 2.10 bits per heavy atom. The maximum Gasteiger partial charge on any atom is 0.257 e. The number of amides is 1. The molecule has 106 valence electrons. The zero-order valence-corrected chi connectivity index (χ0v) is 11.7. The summed E-state index contributed by atoms with van der Waals surface area (Å²) in [4.78, 5) is 26.5. The minimum Gasteiger partial charge on any atom is -0.360 e. The number of hydrogen-bond donors (Lipinski definition) is 3. The highest BCUT2D eigenvalue weighted by molar-refractivity contribution is 5.86. The molecule has 1 heterocycles. The number of pyridine rings is 1. The third-order valence-electron chi connectivity index (χ3n) is 3.07. The molecule has 0 bridgehead atoms. The molecule has 1 aromatic heterocycles. The Hall–Kier alpha value is -2.30. The molecule has 0 radical (unpaired) electrons. The van der Waals surface area contributed by atoms with Gasteiger partial charge in [-0.05, 0) is 30.9 Å². The van der Waals surface area contributed by atoms with Crippen molar-refractivity contribution in [1.29, 1.82) is 0 Å². The van der Waals surface area contributed by atoms with Gasteiger partial charge in [0, 0.05) is 11.9 Å². The molecular formula is C15H19N3O2. The molecule has 1 aromatic carbocycles. The molecule has 5 nitrogen and oxygen atoms in total. The molecule has 0 saturated heterocycles. The van der Waals surface area contributed by atoms with Crippen molar-refractivity contribution in [2.75, 3.05) is 11.9 Å². The molecule has 0 saturated carbocycles. The normalized spacial score (nSPS) is 12.1. The Bertz CT molecular complexity index is 663. The number of aromatic amines is 1. The minimum atomic E-state index is -0.404. The molecule has 0 aliphatic heterocycles. The van der Waals surface area contributed by atoms with E-state index in [1.807, 2.05) is 31.2 Å². The van der Waals surface area contributed by atoms with Crippen LogP contribution in [0.25, 0.3) is 10.8 Å². The highest BCUT2D eigenvalue weighted by Gasteiger charge is 2.12. The van der Waals surface area contributed by atoms with E-state index in [1.165, 1.54) is 0 Å². The van der Waals surface area contributed by atoms with Crippen molar-refractivity contribution < 1.29 is 4.79 Å². The maximum absolute atomic E-state index is 11.9. The predicted octanol–water partition coefficient (Wildman–Crippen LogP) is 1.85. The van der Waals surface area contributed by atoms with E-state index >= 15 is 0 Å². The average molecular weight is 273 g/mol. The first-order valence-corrected chi connectivity index (χ1v) is 6.78. The molecule has 0 spiro atoms. The van der Waals surface area contributed by atoms with E-state index in [9.17, 15) is 9.59 Å². The summed E-state index contributed by atoms with van der Waals surface area (Å²) in [7, 11) is 0. The van der Waals surface area contributed by atoms with Gasteiger partial charge in [-0.25, -0.2) is 0 Å². The van der Waals surface area contributed by atoms with Gasteiger partial charge in [0.25, 0.3) is 5.56 Å². The average Bonchev–Trinajstić information content (AvgIpc) is 2.44. The lowest BCUT2D eigenvalue weighted by atomic mass is 10.1. The first kappa shape index (κ1) is 14.1. The van der Waals surface area contributed by atoms with Crippen molar-refractivity contribution in [1.82, 2.24) is 10.3 Å². The smallest absolute Gasteiger partial charge is 0.257 e. The Labute approximate surface area is 117 Å². The van der Waals surface area contributed by atoms with Gasteiger partial charge in [-0.1, -0.05) is 25.1 Å². The summed E-state index contributed by atoms with van der Waals surface area (Å²) >= 11 is 0. The van der Waals surface area contributed by atoms with Crippen LogP contribution in [-0.2, 0) is 4.79 Å². The number of benzene rings is 1. The molecule has 0 aliphatic rings. The zero-order valence-electron chi connectivity index (χ0n) is 11.7. The molecule has 20 heavy (non-hydrogen) atoms. The Kier molecular flexibility index (Phi) is 4.40. The summed E-state index contributed by atoms with van der Waals surface area (Å²) in [5, 5.41) is 7.31. The highest BCUT2D eigenvalue weighted by Crippen LogP contribution is 2.13. The van der Waals surface area contributed by atoms with Crippen LogP contribution in [0.3, 0.4) is 0 Å². The summed E-state index contributed by atoms with van der Waals surface area (Å²) in [6.45, 7) is 4.41. The van der Waals surface area contributed by atoms with E-state index in [0.717, 1.165) is 11.8 Å². The largest absolute Gasteiger partial charge is 0.360 e. The van der Waals surface area contributed by atoms with E-state index in [-0.39, 0.29) is 11.5 Å². The fourth-order valence-electron chi connectivity index (χ4n) is 1.99. The number of nitrogens with one attached hydrogen (secondary N) is 3. The molecule has 0 fully saturated rings. The van der Waals surface area contributed by atoms with Crippen LogP contribution in [0.2, 0.25) is 0 Å².